The number of thiocarbonyl (C=S) groups is 1. The zero-order valence-electron chi connectivity index (χ0n) is 7.89. The van der Waals surface area contributed by atoms with E-state index in [-0.39, 0.29) is 0 Å². The molecule has 0 aromatic carbocycles. The van der Waals surface area contributed by atoms with Gasteiger partial charge in [-0.1, -0.05) is 6.42 Å². The van der Waals surface area contributed by atoms with Gasteiger partial charge in [0, 0.05) is 18.2 Å². The first kappa shape index (κ1) is 8.94. The first-order valence-electron chi connectivity index (χ1n) is 4.82. The second-order valence-corrected chi connectivity index (χ2v) is 4.29. The average molecular weight is 197 g/mol. The number of nitrogens with zero attached hydrogens (tertiary/aromatic N) is 1. The van der Waals surface area contributed by atoms with E-state index in [0.29, 0.717) is 10.5 Å². The van der Waals surface area contributed by atoms with Gasteiger partial charge in [-0.15, -0.1) is 0 Å². The van der Waals surface area contributed by atoms with Crippen LogP contribution in [-0.4, -0.2) is 17.9 Å². The average Bonchev–Trinajstić information content (AvgIpc) is 1.99. The Hall–Kier alpha value is -0.640. The van der Waals surface area contributed by atoms with E-state index in [1.165, 1.54) is 31.4 Å². The molecule has 0 bridgehead atoms. The third kappa shape index (κ3) is 1.43. The van der Waals surface area contributed by atoms with Gasteiger partial charge in [0.25, 0.3) is 0 Å². The minimum absolute atomic E-state index is 0.496. The van der Waals surface area contributed by atoms with Gasteiger partial charge >= 0.3 is 0 Å². The third-order valence-electron chi connectivity index (χ3n) is 3.28. The lowest BCUT2D eigenvalue weighted by molar-refractivity contribution is 0.175. The van der Waals surface area contributed by atoms with Gasteiger partial charge in [-0.05, 0) is 37.9 Å². The van der Waals surface area contributed by atoms with E-state index in [2.05, 4.69) is 15.8 Å². The normalized spacial score (nSPS) is 26.4. The van der Waals surface area contributed by atoms with E-state index in [9.17, 15) is 0 Å². The molecule has 0 amide bonds. The molecule has 0 aliphatic heterocycles. The van der Waals surface area contributed by atoms with Crippen molar-refractivity contribution in [1.29, 1.82) is 0 Å². The Balaban J connectivity index is 1.90. The highest BCUT2D eigenvalue weighted by molar-refractivity contribution is 7.80. The van der Waals surface area contributed by atoms with E-state index in [4.69, 9.17) is 12.2 Å². The molecule has 72 valence electrons. The van der Waals surface area contributed by atoms with Gasteiger partial charge in [0.05, 0.1) is 0 Å². The SMILES string of the molecule is CNC(=S)N/N=C1/CCC12CCC2. The van der Waals surface area contributed by atoms with Crippen molar-refractivity contribution >= 4 is 23.0 Å². The number of hydrogen-bond acceptors (Lipinski definition) is 2. The van der Waals surface area contributed by atoms with Crippen LogP contribution in [0.1, 0.15) is 32.1 Å². The van der Waals surface area contributed by atoms with Crippen molar-refractivity contribution in [3.8, 4) is 0 Å². The molecule has 2 aliphatic carbocycles. The van der Waals surface area contributed by atoms with Gasteiger partial charge in [-0.3, -0.25) is 5.43 Å². The fourth-order valence-corrected chi connectivity index (χ4v) is 2.13. The Labute approximate surface area is 84.0 Å². The predicted octanol–water partition coefficient (Wildman–Crippen LogP) is 1.40. The van der Waals surface area contributed by atoms with E-state index >= 15 is 0 Å². The topological polar surface area (TPSA) is 36.4 Å². The van der Waals surface area contributed by atoms with Crippen molar-refractivity contribution in [3.63, 3.8) is 0 Å². The molecule has 1 spiro atoms. The van der Waals surface area contributed by atoms with Crippen molar-refractivity contribution in [2.45, 2.75) is 32.1 Å². The standard InChI is InChI=1S/C9H15N3S/c1-10-8(13)12-11-7-3-6-9(7)4-2-5-9/h2-6H2,1H3,(H2,10,12,13)/b11-7-. The summed E-state index contributed by atoms with van der Waals surface area (Å²) in [7, 11) is 1.80. The Kier molecular flexibility index (Phi) is 2.24. The number of hydrogen-bond donors (Lipinski definition) is 2. The molecular weight excluding hydrogens is 182 g/mol. The molecule has 0 aromatic rings. The van der Waals surface area contributed by atoms with Crippen LogP contribution >= 0.6 is 12.2 Å². The van der Waals surface area contributed by atoms with Crippen LogP contribution in [0.25, 0.3) is 0 Å². The highest BCUT2D eigenvalue weighted by atomic mass is 32.1. The second-order valence-electron chi connectivity index (χ2n) is 3.88. The van der Waals surface area contributed by atoms with Crippen LogP contribution in [0, 0.1) is 5.41 Å². The maximum absolute atomic E-state index is 4.95. The molecule has 0 unspecified atom stereocenters. The highest BCUT2D eigenvalue weighted by Gasteiger charge is 2.48. The zero-order valence-corrected chi connectivity index (χ0v) is 8.71. The molecule has 13 heavy (non-hydrogen) atoms. The van der Waals surface area contributed by atoms with Crippen LogP contribution < -0.4 is 10.7 Å². The molecule has 0 atom stereocenters. The monoisotopic (exact) mass is 197 g/mol. The minimum atomic E-state index is 0.496. The summed E-state index contributed by atoms with van der Waals surface area (Å²) < 4.78 is 0. The van der Waals surface area contributed by atoms with E-state index in [1.54, 1.807) is 7.05 Å². The molecule has 0 saturated heterocycles. The molecule has 2 fully saturated rings. The molecular formula is C9H15N3S. The summed E-state index contributed by atoms with van der Waals surface area (Å²) in [6, 6.07) is 0. The summed E-state index contributed by atoms with van der Waals surface area (Å²) in [6.07, 6.45) is 6.52. The maximum atomic E-state index is 4.95. The molecule has 2 aliphatic rings. The van der Waals surface area contributed by atoms with Crippen molar-refractivity contribution in [1.82, 2.24) is 10.7 Å². The van der Waals surface area contributed by atoms with Gasteiger partial charge in [-0.2, -0.15) is 5.10 Å². The summed E-state index contributed by atoms with van der Waals surface area (Å²) in [6.45, 7) is 0. The van der Waals surface area contributed by atoms with Gasteiger partial charge in [0.15, 0.2) is 5.11 Å². The molecule has 0 aromatic heterocycles. The van der Waals surface area contributed by atoms with Crippen LogP contribution in [0.5, 0.6) is 0 Å². The third-order valence-corrected chi connectivity index (χ3v) is 3.58. The first-order valence-corrected chi connectivity index (χ1v) is 5.22. The Bertz CT molecular complexity index is 250. The quantitative estimate of drug-likeness (QED) is 0.493. The lowest BCUT2D eigenvalue weighted by atomic mass is 9.55. The van der Waals surface area contributed by atoms with Gasteiger partial charge < -0.3 is 5.32 Å². The summed E-state index contributed by atoms with van der Waals surface area (Å²) in [5.41, 5.74) is 4.69. The van der Waals surface area contributed by atoms with Crippen molar-refractivity contribution < 1.29 is 0 Å². The second kappa shape index (κ2) is 3.25. The molecule has 2 N–H and O–H groups in total. The molecule has 2 saturated carbocycles. The summed E-state index contributed by atoms with van der Waals surface area (Å²) in [4.78, 5) is 0. The minimum Gasteiger partial charge on any atom is -0.364 e. The summed E-state index contributed by atoms with van der Waals surface area (Å²) in [5, 5.41) is 7.79. The van der Waals surface area contributed by atoms with E-state index in [1.807, 2.05) is 0 Å². The summed E-state index contributed by atoms with van der Waals surface area (Å²) in [5.74, 6) is 0. The zero-order chi connectivity index (χ0) is 9.31. The largest absolute Gasteiger partial charge is 0.364 e. The molecule has 4 heteroatoms. The van der Waals surface area contributed by atoms with Crippen LogP contribution in [0.2, 0.25) is 0 Å². The van der Waals surface area contributed by atoms with E-state index < -0.39 is 0 Å². The fourth-order valence-electron chi connectivity index (χ4n) is 2.08. The summed E-state index contributed by atoms with van der Waals surface area (Å²) >= 11 is 4.95. The molecule has 3 nitrogen and oxygen atoms in total. The fraction of sp³-hybridized carbons (Fsp3) is 0.778. The van der Waals surface area contributed by atoms with Crippen LogP contribution in [0.15, 0.2) is 5.10 Å². The van der Waals surface area contributed by atoms with Gasteiger partial charge in [0.2, 0.25) is 0 Å². The Morgan fingerprint density at radius 2 is 2.23 bits per heavy atom. The maximum Gasteiger partial charge on any atom is 0.186 e. The van der Waals surface area contributed by atoms with Crippen LogP contribution in [0.4, 0.5) is 0 Å². The van der Waals surface area contributed by atoms with Crippen LogP contribution in [0.3, 0.4) is 0 Å². The van der Waals surface area contributed by atoms with Crippen molar-refractivity contribution in [2.24, 2.45) is 10.5 Å². The predicted molar refractivity (Wildman–Crippen MR) is 57.7 cm³/mol. The van der Waals surface area contributed by atoms with Crippen LogP contribution in [-0.2, 0) is 0 Å². The van der Waals surface area contributed by atoms with E-state index in [0.717, 1.165) is 6.42 Å². The molecule has 0 heterocycles. The highest BCUT2D eigenvalue weighted by Crippen LogP contribution is 2.53. The smallest absolute Gasteiger partial charge is 0.186 e. The van der Waals surface area contributed by atoms with Gasteiger partial charge in [-0.25, -0.2) is 0 Å². The Morgan fingerprint density at radius 1 is 1.46 bits per heavy atom. The van der Waals surface area contributed by atoms with Gasteiger partial charge in [0.1, 0.15) is 0 Å². The number of hydrazone groups is 1. The Morgan fingerprint density at radius 3 is 2.62 bits per heavy atom. The molecule has 2 rings (SSSR count). The first-order chi connectivity index (χ1) is 6.27. The molecule has 0 radical (unpaired) electrons. The lowest BCUT2D eigenvalue weighted by Gasteiger charge is -2.50. The number of rotatable bonds is 1. The number of nitrogens with one attached hydrogen (secondary N) is 2. The van der Waals surface area contributed by atoms with Crippen molar-refractivity contribution in [2.75, 3.05) is 7.05 Å². The van der Waals surface area contributed by atoms with Crippen molar-refractivity contribution in [3.05, 3.63) is 0 Å². The lowest BCUT2D eigenvalue weighted by Crippen LogP contribution is -2.47.